The van der Waals surface area contributed by atoms with Gasteiger partial charge in [0.25, 0.3) is 0 Å². The van der Waals surface area contributed by atoms with Crippen molar-refractivity contribution in [2.45, 2.75) is 12.8 Å². The van der Waals surface area contributed by atoms with Crippen LogP contribution in [-0.2, 0) is 20.5 Å². The fourth-order valence-corrected chi connectivity index (χ4v) is 4.72. The first-order valence-electron chi connectivity index (χ1n) is 11.8. The van der Waals surface area contributed by atoms with Gasteiger partial charge in [-0.1, -0.05) is 6.08 Å². The molecule has 3 aromatic heterocycles. The molecular weight excluding hydrogens is 459 g/mol. The zero-order valence-corrected chi connectivity index (χ0v) is 20.1. The number of fused-ring (bicyclic) bond motifs is 1. The molecule has 182 valence electrons. The van der Waals surface area contributed by atoms with Crippen LogP contribution in [0.2, 0.25) is 0 Å². The van der Waals surface area contributed by atoms with E-state index in [0.29, 0.717) is 5.82 Å². The topological polar surface area (TPSA) is 95.4 Å². The van der Waals surface area contributed by atoms with E-state index in [1.54, 1.807) is 23.9 Å². The van der Waals surface area contributed by atoms with Gasteiger partial charge in [0.05, 0.1) is 12.6 Å². The summed E-state index contributed by atoms with van der Waals surface area (Å²) in [7, 11) is 3.62. The predicted octanol–water partition coefficient (Wildman–Crippen LogP) is 2.82. The Morgan fingerprint density at radius 2 is 1.86 bits per heavy atom. The molecule has 0 N–H and O–H groups in total. The molecule has 0 atom stereocenters. The Balaban J connectivity index is 1.35. The summed E-state index contributed by atoms with van der Waals surface area (Å²) >= 11 is 0. The lowest BCUT2D eigenvalue weighted by molar-refractivity contribution is 0.302. The normalized spacial score (nSPS) is 14.5. The Labute approximate surface area is 206 Å². The van der Waals surface area contributed by atoms with Gasteiger partial charge >= 0.3 is 0 Å². The lowest BCUT2D eigenvalue weighted by Crippen LogP contribution is -2.31. The van der Waals surface area contributed by atoms with Crippen molar-refractivity contribution < 1.29 is 4.39 Å². The highest BCUT2D eigenvalue weighted by molar-refractivity contribution is 5.96. The lowest BCUT2D eigenvalue weighted by Gasteiger charge is -2.26. The van der Waals surface area contributed by atoms with Crippen LogP contribution in [0.3, 0.4) is 0 Å². The van der Waals surface area contributed by atoms with E-state index < -0.39 is 0 Å². The van der Waals surface area contributed by atoms with E-state index in [-0.39, 0.29) is 5.82 Å². The summed E-state index contributed by atoms with van der Waals surface area (Å²) < 4.78 is 17.4. The van der Waals surface area contributed by atoms with Crippen LogP contribution in [0.5, 0.6) is 0 Å². The largest absolute Gasteiger partial charge is 0.316 e. The van der Waals surface area contributed by atoms with Crippen molar-refractivity contribution in [1.29, 1.82) is 0 Å². The second-order valence-electron chi connectivity index (χ2n) is 8.97. The van der Waals surface area contributed by atoms with Crippen molar-refractivity contribution in [3.05, 3.63) is 71.9 Å². The Morgan fingerprint density at radius 3 is 2.56 bits per heavy atom. The van der Waals surface area contributed by atoms with Crippen LogP contribution in [0.15, 0.2) is 54.7 Å². The van der Waals surface area contributed by atoms with E-state index in [2.05, 4.69) is 64.8 Å². The molecule has 0 saturated carbocycles. The van der Waals surface area contributed by atoms with Gasteiger partial charge in [-0.3, -0.25) is 4.90 Å². The highest BCUT2D eigenvalue weighted by Crippen LogP contribution is 2.35. The van der Waals surface area contributed by atoms with Gasteiger partial charge in [0.2, 0.25) is 5.82 Å². The summed E-state index contributed by atoms with van der Waals surface area (Å²) in [6.45, 7) is 2.71. The molecule has 5 aromatic rings. The summed E-state index contributed by atoms with van der Waals surface area (Å²) in [4.78, 5) is 3.87. The monoisotopic (exact) mass is 484 g/mol. The maximum Gasteiger partial charge on any atom is 0.204 e. The number of aromatic nitrogens is 9. The third-order valence-electron chi connectivity index (χ3n) is 6.67. The summed E-state index contributed by atoms with van der Waals surface area (Å²) in [5.41, 5.74) is 5.32. The molecule has 0 saturated heterocycles. The molecule has 0 unspecified atom stereocenters. The quantitative estimate of drug-likeness (QED) is 0.366. The summed E-state index contributed by atoms with van der Waals surface area (Å²) in [6, 6.07) is 12.8. The average Bonchev–Trinajstić information content (AvgIpc) is 3.62. The number of nitrogens with zero attached hydrogens (tertiary/aromatic N) is 10. The maximum atomic E-state index is 13.6. The van der Waals surface area contributed by atoms with Gasteiger partial charge in [-0.2, -0.15) is 4.80 Å². The van der Waals surface area contributed by atoms with Crippen LogP contribution in [0, 0.1) is 5.82 Å². The van der Waals surface area contributed by atoms with Gasteiger partial charge in [-0.05, 0) is 70.1 Å². The molecule has 11 heteroatoms. The Kier molecular flexibility index (Phi) is 5.61. The molecular formula is C25H25FN10. The number of halogens is 1. The van der Waals surface area contributed by atoms with Gasteiger partial charge < -0.3 is 4.57 Å². The van der Waals surface area contributed by atoms with Crippen molar-refractivity contribution in [2.24, 2.45) is 14.1 Å². The van der Waals surface area contributed by atoms with Crippen LogP contribution < -0.4 is 0 Å². The number of benzene rings is 2. The first-order chi connectivity index (χ1) is 17.5. The average molecular weight is 485 g/mol. The number of hydrogen-bond donors (Lipinski definition) is 0. The van der Waals surface area contributed by atoms with Crippen LogP contribution in [-0.4, -0.2) is 69.5 Å². The molecule has 1 aliphatic rings. The second kappa shape index (κ2) is 9.08. The molecule has 36 heavy (non-hydrogen) atoms. The highest BCUT2D eigenvalue weighted by atomic mass is 19.1. The van der Waals surface area contributed by atoms with Gasteiger partial charge in [-0.25, -0.2) is 9.07 Å². The minimum Gasteiger partial charge on any atom is -0.316 e. The molecule has 6 rings (SSSR count). The molecule has 4 heterocycles. The molecule has 0 bridgehead atoms. The van der Waals surface area contributed by atoms with Crippen LogP contribution in [0.25, 0.3) is 33.6 Å². The van der Waals surface area contributed by atoms with Gasteiger partial charge in [-0.15, -0.1) is 15.3 Å². The fourth-order valence-electron chi connectivity index (χ4n) is 4.72. The van der Waals surface area contributed by atoms with Crippen molar-refractivity contribution in [1.82, 2.24) is 49.9 Å². The number of tetrazole rings is 2. The van der Waals surface area contributed by atoms with E-state index in [4.69, 9.17) is 0 Å². The zero-order valence-electron chi connectivity index (χ0n) is 20.1. The van der Waals surface area contributed by atoms with E-state index in [9.17, 15) is 4.39 Å². The zero-order chi connectivity index (χ0) is 24.6. The minimum atomic E-state index is -0.251. The smallest absolute Gasteiger partial charge is 0.204 e. The molecule has 2 aromatic carbocycles. The maximum absolute atomic E-state index is 13.6. The van der Waals surface area contributed by atoms with Crippen molar-refractivity contribution in [2.75, 3.05) is 19.6 Å². The SMILES string of the molecule is Cn1nnc(-c2ccc3c(c2)c(C2=CCN(CCc4nnnn4C)CC2)cn3-c2ccc(F)cc2)n1. The minimum absolute atomic E-state index is 0.251. The molecule has 0 fully saturated rings. The van der Waals surface area contributed by atoms with Gasteiger partial charge in [0.1, 0.15) is 5.82 Å². The summed E-state index contributed by atoms with van der Waals surface area (Å²) in [5, 5.41) is 25.4. The van der Waals surface area contributed by atoms with Crippen LogP contribution >= 0.6 is 0 Å². The highest BCUT2D eigenvalue weighted by Gasteiger charge is 2.19. The fraction of sp³-hybridized carbons (Fsp3) is 0.280. The molecule has 0 radical (unpaired) electrons. The standard InChI is InChI=1S/C25H25FN10/c1-33-24(27-30-32-33)11-14-35-12-9-17(10-13-35)22-16-36(20-6-4-19(26)5-7-20)23-8-3-18(15-21(22)23)25-28-31-34(2)29-25/h3-9,15-16H,10-14H2,1-2H3. The predicted molar refractivity (Wildman–Crippen MR) is 133 cm³/mol. The molecule has 0 spiro atoms. The molecule has 10 nitrogen and oxygen atoms in total. The van der Waals surface area contributed by atoms with Gasteiger partial charge in [0, 0.05) is 61.5 Å². The van der Waals surface area contributed by atoms with Crippen LogP contribution in [0.4, 0.5) is 4.39 Å². The Hall–Kier alpha value is -4.25. The second-order valence-corrected chi connectivity index (χ2v) is 8.97. The third-order valence-corrected chi connectivity index (χ3v) is 6.67. The Morgan fingerprint density at radius 1 is 1.00 bits per heavy atom. The van der Waals surface area contributed by atoms with E-state index >= 15 is 0 Å². The molecule has 1 aliphatic heterocycles. The van der Waals surface area contributed by atoms with Crippen molar-refractivity contribution >= 4 is 16.5 Å². The Bertz CT molecular complexity index is 1560. The van der Waals surface area contributed by atoms with E-state index in [1.165, 1.54) is 22.5 Å². The van der Waals surface area contributed by atoms with E-state index in [1.807, 2.05) is 13.1 Å². The number of hydrogen-bond acceptors (Lipinski definition) is 7. The number of rotatable bonds is 6. The lowest BCUT2D eigenvalue weighted by atomic mass is 9.98. The first kappa shape index (κ1) is 22.2. The van der Waals surface area contributed by atoms with Crippen molar-refractivity contribution in [3.8, 4) is 17.1 Å². The number of aryl methyl sites for hydroxylation is 2. The van der Waals surface area contributed by atoms with Gasteiger partial charge in [0.15, 0.2) is 5.82 Å². The third kappa shape index (κ3) is 4.17. The summed E-state index contributed by atoms with van der Waals surface area (Å²) in [6.07, 6.45) is 6.19. The molecule has 0 amide bonds. The van der Waals surface area contributed by atoms with Crippen molar-refractivity contribution in [3.63, 3.8) is 0 Å². The molecule has 0 aliphatic carbocycles. The van der Waals surface area contributed by atoms with E-state index in [0.717, 1.165) is 66.0 Å². The summed E-state index contributed by atoms with van der Waals surface area (Å²) in [5.74, 6) is 1.22. The first-order valence-corrected chi connectivity index (χ1v) is 11.8. The van der Waals surface area contributed by atoms with Crippen LogP contribution in [0.1, 0.15) is 17.8 Å².